The van der Waals surface area contributed by atoms with Gasteiger partial charge in [0.25, 0.3) is 0 Å². The van der Waals surface area contributed by atoms with Gasteiger partial charge in [-0.15, -0.1) is 11.3 Å². The van der Waals surface area contributed by atoms with E-state index in [9.17, 15) is 27.6 Å². The van der Waals surface area contributed by atoms with Gasteiger partial charge < -0.3 is 24.4 Å². The summed E-state index contributed by atoms with van der Waals surface area (Å²) < 4.78 is 51.2. The number of nitrogens with zero attached hydrogens (tertiary/aromatic N) is 3. The molecule has 3 heterocycles. The summed E-state index contributed by atoms with van der Waals surface area (Å²) in [7, 11) is -2.87. The number of Topliss-reactive ketones (excluding diaryl/α,β-unsaturated/α-hetero) is 1. The van der Waals surface area contributed by atoms with E-state index in [1.54, 1.807) is 53.0 Å². The van der Waals surface area contributed by atoms with Crippen LogP contribution in [0.2, 0.25) is 0 Å². The molecule has 15 nitrogen and oxygen atoms in total. The molecule has 334 valence electrons. The second-order valence-electron chi connectivity index (χ2n) is 19.4. The molecule has 2 amide bonds. The molecule has 2 aromatic heterocycles. The fourth-order valence-corrected chi connectivity index (χ4v) is 10.1. The van der Waals surface area contributed by atoms with Gasteiger partial charge in [-0.1, -0.05) is 34.1 Å². The van der Waals surface area contributed by atoms with Gasteiger partial charge in [-0.05, 0) is 84.3 Å². The molecule has 2 saturated carbocycles. The first kappa shape index (κ1) is 46.2. The molecular formula is C44H61N5O10S2. The topological polar surface area (TPSA) is 192 Å². The third-order valence-corrected chi connectivity index (χ3v) is 13.5. The number of carbonyl (C=O) groups is 4. The summed E-state index contributed by atoms with van der Waals surface area (Å²) in [6.45, 7) is 18.5. The first-order valence-electron chi connectivity index (χ1n) is 21.0. The molecule has 2 N–H and O–H groups in total. The SMILES string of the molecule is CC[C@@H]1C[C@]1(CC(=O)[C@@H]1C[C@@H](Oc2cc(-c3csc(NC(C)C)n3)nc3cc(OC)ccc23)CN1C(=O)[C@@H](CC(=O)OC(C)(C)C)C(C)(C)C)C(=O)NS(=O)(=O)OC1(C)CC1. The Labute approximate surface area is 363 Å². The molecule has 1 saturated heterocycles. The van der Waals surface area contributed by atoms with Crippen molar-refractivity contribution in [2.75, 3.05) is 19.0 Å². The van der Waals surface area contributed by atoms with E-state index >= 15 is 0 Å². The van der Waals surface area contributed by atoms with Crippen LogP contribution >= 0.6 is 11.3 Å². The van der Waals surface area contributed by atoms with Gasteiger partial charge in [-0.2, -0.15) is 8.42 Å². The van der Waals surface area contributed by atoms with Crippen LogP contribution in [-0.4, -0.2) is 89.9 Å². The largest absolute Gasteiger partial charge is 0.497 e. The normalized spacial score (nSPS) is 22.8. The third kappa shape index (κ3) is 11.0. The maximum Gasteiger partial charge on any atom is 0.362 e. The highest BCUT2D eigenvalue weighted by Crippen LogP contribution is 2.58. The van der Waals surface area contributed by atoms with E-state index in [2.05, 4.69) is 10.0 Å². The fourth-order valence-electron chi connectivity index (χ4n) is 8.04. The Balaban J connectivity index is 1.34. The van der Waals surface area contributed by atoms with Crippen LogP contribution in [-0.2, 0) is 38.4 Å². The zero-order valence-electron chi connectivity index (χ0n) is 37.2. The van der Waals surface area contributed by atoms with Gasteiger partial charge >= 0.3 is 16.3 Å². The summed E-state index contributed by atoms with van der Waals surface area (Å²) in [6, 6.07) is 6.36. The molecule has 17 heteroatoms. The van der Waals surface area contributed by atoms with E-state index in [0.29, 0.717) is 59.5 Å². The van der Waals surface area contributed by atoms with Gasteiger partial charge in [-0.25, -0.2) is 18.9 Å². The van der Waals surface area contributed by atoms with Crippen LogP contribution in [0.5, 0.6) is 11.5 Å². The molecule has 6 rings (SSSR count). The highest BCUT2D eigenvalue weighted by Gasteiger charge is 2.62. The van der Waals surface area contributed by atoms with Gasteiger partial charge in [0.2, 0.25) is 11.8 Å². The molecule has 5 atom stereocenters. The molecule has 0 radical (unpaired) electrons. The maximum absolute atomic E-state index is 14.9. The molecule has 2 aliphatic carbocycles. The third-order valence-electron chi connectivity index (χ3n) is 11.7. The number of amides is 2. The van der Waals surface area contributed by atoms with E-state index in [4.69, 9.17) is 28.4 Å². The van der Waals surface area contributed by atoms with Crippen molar-refractivity contribution in [2.45, 2.75) is 144 Å². The van der Waals surface area contributed by atoms with E-state index in [1.165, 1.54) is 16.2 Å². The molecule has 0 spiro atoms. The predicted octanol–water partition coefficient (Wildman–Crippen LogP) is 7.24. The highest BCUT2D eigenvalue weighted by atomic mass is 32.2. The summed E-state index contributed by atoms with van der Waals surface area (Å²) in [4.78, 5) is 67.8. The Hall–Kier alpha value is -4.35. The predicted molar refractivity (Wildman–Crippen MR) is 232 cm³/mol. The molecule has 3 fully saturated rings. The minimum Gasteiger partial charge on any atom is -0.497 e. The average Bonchev–Trinajstić information content (AvgIpc) is 3.91. The number of fused-ring (bicyclic) bond motifs is 1. The lowest BCUT2D eigenvalue weighted by molar-refractivity contribution is -0.161. The number of esters is 1. The standard InChI is InChI=1S/C44H61N5O10S2/c1-12-26-21-44(26,39(53)48-61(54,55)59-43(10)15-16-43)22-35(50)34-18-28(23-49(34)38(52)30(41(4,5)6)19-37(51)58-42(7,8)9)57-36-20-32(33-24-60-40(47-33)45-25(2)3)46-31-17-27(56-11)13-14-29(31)36/h13-14,17,20,24-26,28,30,34H,12,15-16,18-19,21-23H2,1-11H3,(H,45,47)(H,48,53)/t26-,28-,30-,34+,44-/m1/s1. The average molecular weight is 884 g/mol. The second kappa shape index (κ2) is 17.1. The zero-order valence-corrected chi connectivity index (χ0v) is 38.8. The van der Waals surface area contributed by atoms with Gasteiger partial charge in [-0.3, -0.25) is 19.2 Å². The number of nitrogens with one attached hydrogen (secondary N) is 2. The van der Waals surface area contributed by atoms with E-state index in [-0.39, 0.29) is 37.8 Å². The summed E-state index contributed by atoms with van der Waals surface area (Å²) in [5.41, 5.74) is -1.88. The van der Waals surface area contributed by atoms with E-state index < -0.39 is 74.0 Å². The number of aromatic nitrogens is 2. The van der Waals surface area contributed by atoms with Crippen molar-refractivity contribution in [2.24, 2.45) is 22.7 Å². The number of ether oxygens (including phenoxy) is 3. The summed E-state index contributed by atoms with van der Waals surface area (Å²) in [5, 5.41) is 6.64. The van der Waals surface area contributed by atoms with Crippen molar-refractivity contribution in [3.05, 3.63) is 29.6 Å². The van der Waals surface area contributed by atoms with Crippen molar-refractivity contribution in [3.63, 3.8) is 0 Å². The first-order chi connectivity index (χ1) is 28.3. The first-order valence-corrected chi connectivity index (χ1v) is 23.3. The molecule has 1 aliphatic heterocycles. The van der Waals surface area contributed by atoms with Gasteiger partial charge in [0.15, 0.2) is 10.9 Å². The van der Waals surface area contributed by atoms with Crippen molar-refractivity contribution < 1.29 is 46.0 Å². The van der Waals surface area contributed by atoms with Crippen molar-refractivity contribution in [1.82, 2.24) is 19.6 Å². The lowest BCUT2D eigenvalue weighted by Crippen LogP contribution is -2.49. The molecule has 3 aliphatic rings. The lowest BCUT2D eigenvalue weighted by Gasteiger charge is -2.35. The number of pyridine rings is 1. The van der Waals surface area contributed by atoms with Crippen molar-refractivity contribution >= 4 is 61.2 Å². The van der Waals surface area contributed by atoms with E-state index in [0.717, 1.165) is 5.13 Å². The zero-order chi connectivity index (χ0) is 44.9. The van der Waals surface area contributed by atoms with Gasteiger partial charge in [0.05, 0.1) is 54.3 Å². The number of ketones is 1. The number of rotatable bonds is 17. The van der Waals surface area contributed by atoms with E-state index in [1.807, 2.05) is 53.0 Å². The van der Waals surface area contributed by atoms with Crippen LogP contribution in [0.4, 0.5) is 5.13 Å². The fraction of sp³-hybridized carbons (Fsp3) is 0.636. The van der Waals surface area contributed by atoms with Crippen LogP contribution in [0, 0.1) is 22.7 Å². The second-order valence-corrected chi connectivity index (χ2v) is 21.6. The summed E-state index contributed by atoms with van der Waals surface area (Å²) >= 11 is 1.45. The monoisotopic (exact) mass is 883 g/mol. The van der Waals surface area contributed by atoms with Crippen LogP contribution in [0.15, 0.2) is 29.6 Å². The van der Waals surface area contributed by atoms with Gasteiger partial charge in [0.1, 0.15) is 28.9 Å². The Bertz CT molecular complexity index is 2280. The highest BCUT2D eigenvalue weighted by molar-refractivity contribution is 7.85. The number of hydrogen-bond acceptors (Lipinski definition) is 14. The Morgan fingerprint density at radius 2 is 1.74 bits per heavy atom. The van der Waals surface area contributed by atoms with Crippen LogP contribution in [0.25, 0.3) is 22.3 Å². The molecule has 1 aromatic carbocycles. The Morgan fingerprint density at radius 3 is 2.33 bits per heavy atom. The van der Waals surface area contributed by atoms with Crippen molar-refractivity contribution in [1.29, 1.82) is 0 Å². The molecule has 0 unspecified atom stereocenters. The smallest absolute Gasteiger partial charge is 0.362 e. The number of likely N-dealkylation sites (tertiary alicyclic amines) is 1. The summed E-state index contributed by atoms with van der Waals surface area (Å²) in [6.07, 6.45) is 0.808. The molecule has 61 heavy (non-hydrogen) atoms. The quantitative estimate of drug-likeness (QED) is 0.129. The summed E-state index contributed by atoms with van der Waals surface area (Å²) in [5.74, 6) is -2.24. The number of carbonyl (C=O) groups excluding carboxylic acids is 4. The minimum absolute atomic E-state index is 0.00179. The van der Waals surface area contributed by atoms with Crippen LogP contribution in [0.1, 0.15) is 114 Å². The number of thiazole rings is 1. The van der Waals surface area contributed by atoms with Crippen LogP contribution < -0.4 is 19.5 Å². The van der Waals surface area contributed by atoms with Crippen LogP contribution in [0.3, 0.4) is 0 Å². The number of hydrogen-bond donors (Lipinski definition) is 2. The van der Waals surface area contributed by atoms with Gasteiger partial charge in [0, 0.05) is 41.8 Å². The van der Waals surface area contributed by atoms with Crippen molar-refractivity contribution in [3.8, 4) is 22.9 Å². The molecular weight excluding hydrogens is 823 g/mol. The lowest BCUT2D eigenvalue weighted by atomic mass is 9.77. The Kier molecular flexibility index (Phi) is 12.9. The number of benzene rings is 1. The molecule has 0 bridgehead atoms. The number of anilines is 1. The minimum atomic E-state index is -4.44. The Morgan fingerprint density at radius 1 is 1.03 bits per heavy atom. The molecule has 3 aromatic rings. The maximum atomic E-state index is 14.9. The number of methoxy groups -OCH3 is 1.